The number of sulfone groups is 1. The molecular formula is C22H24N4O5S2. The Morgan fingerprint density at radius 2 is 1.85 bits per heavy atom. The molecule has 33 heavy (non-hydrogen) atoms. The second-order valence-electron chi connectivity index (χ2n) is 7.01. The van der Waals surface area contributed by atoms with E-state index in [1.807, 2.05) is 0 Å². The summed E-state index contributed by atoms with van der Waals surface area (Å²) < 4.78 is 30.1. The summed E-state index contributed by atoms with van der Waals surface area (Å²) in [6, 6.07) is 12.9. The minimum absolute atomic E-state index is 0.00524. The number of nitrogens with zero attached hydrogens (tertiary/aromatic N) is 2. The highest BCUT2D eigenvalue weighted by Crippen LogP contribution is 2.21. The molecule has 2 amide bonds. The average Bonchev–Trinajstić information content (AvgIpc) is 3.26. The molecule has 1 heterocycles. The molecule has 0 radical (unpaired) electrons. The summed E-state index contributed by atoms with van der Waals surface area (Å²) in [5.74, 6) is -0.255. The smallest absolute Gasteiger partial charge is 0.258 e. The van der Waals surface area contributed by atoms with Crippen molar-refractivity contribution in [2.24, 2.45) is 0 Å². The van der Waals surface area contributed by atoms with Crippen LogP contribution in [0.3, 0.4) is 0 Å². The number of carbonyl (C=O) groups is 2. The van der Waals surface area contributed by atoms with Crippen molar-refractivity contribution in [3.63, 3.8) is 0 Å². The quantitative estimate of drug-likeness (QED) is 0.449. The van der Waals surface area contributed by atoms with Crippen molar-refractivity contribution in [2.45, 2.75) is 24.7 Å². The summed E-state index contributed by atoms with van der Waals surface area (Å²) in [6.07, 6.45) is 0.872. The molecule has 0 aliphatic rings. The number of methoxy groups -OCH3 is 1. The molecule has 9 nitrogen and oxygen atoms in total. The van der Waals surface area contributed by atoms with Crippen LogP contribution in [0.25, 0.3) is 0 Å². The third-order valence-corrected chi connectivity index (χ3v) is 7.45. The highest BCUT2D eigenvalue weighted by molar-refractivity contribution is 7.91. The lowest BCUT2D eigenvalue weighted by molar-refractivity contribution is 0.0952. The Balaban J connectivity index is 1.59. The standard InChI is InChI=1S/C22H24N4O5S2/c1-3-13-33(29,30)18-10-5-4-9-17(18)21(28)24-22-26-25-19(32-22)11-12-23-20(27)15-7-6-8-16(14-15)31-2/h4-10,14H,3,11-13H2,1-2H3,(H,23,27)(H,24,26,28). The van der Waals surface area contributed by atoms with E-state index in [2.05, 4.69) is 20.8 Å². The molecule has 0 saturated heterocycles. The van der Waals surface area contributed by atoms with Crippen molar-refractivity contribution < 1.29 is 22.7 Å². The fraction of sp³-hybridized carbons (Fsp3) is 0.273. The Labute approximate surface area is 196 Å². The van der Waals surface area contributed by atoms with Crippen LogP contribution in [-0.4, -0.2) is 49.8 Å². The maximum absolute atomic E-state index is 12.7. The van der Waals surface area contributed by atoms with Crippen molar-refractivity contribution in [3.8, 4) is 5.75 Å². The fourth-order valence-electron chi connectivity index (χ4n) is 3.02. The summed E-state index contributed by atoms with van der Waals surface area (Å²) >= 11 is 1.16. The number of benzene rings is 2. The summed E-state index contributed by atoms with van der Waals surface area (Å²) in [5.41, 5.74) is 0.546. The number of amides is 2. The Kier molecular flexibility index (Phi) is 8.12. The largest absolute Gasteiger partial charge is 0.497 e. The second kappa shape index (κ2) is 11.0. The molecule has 2 N–H and O–H groups in total. The van der Waals surface area contributed by atoms with Crippen molar-refractivity contribution in [1.29, 1.82) is 0 Å². The van der Waals surface area contributed by atoms with E-state index in [0.29, 0.717) is 35.7 Å². The molecule has 0 atom stereocenters. The highest BCUT2D eigenvalue weighted by atomic mass is 32.2. The molecule has 0 saturated carbocycles. The van der Waals surface area contributed by atoms with Crippen LogP contribution in [0.4, 0.5) is 5.13 Å². The normalized spacial score (nSPS) is 11.1. The molecule has 1 aromatic heterocycles. The maximum atomic E-state index is 12.7. The summed E-state index contributed by atoms with van der Waals surface area (Å²) in [6.45, 7) is 2.10. The van der Waals surface area contributed by atoms with Crippen LogP contribution >= 0.6 is 11.3 Å². The van der Waals surface area contributed by atoms with Crippen molar-refractivity contribution in [3.05, 3.63) is 64.7 Å². The third-order valence-electron chi connectivity index (χ3n) is 4.58. The van der Waals surface area contributed by atoms with Crippen LogP contribution < -0.4 is 15.4 Å². The Morgan fingerprint density at radius 1 is 1.06 bits per heavy atom. The number of hydrogen-bond acceptors (Lipinski definition) is 8. The SMILES string of the molecule is CCCS(=O)(=O)c1ccccc1C(=O)Nc1nnc(CCNC(=O)c2cccc(OC)c2)s1. The van der Waals surface area contributed by atoms with E-state index in [1.54, 1.807) is 43.3 Å². The molecule has 0 spiro atoms. The molecule has 0 aliphatic heterocycles. The van der Waals surface area contributed by atoms with E-state index in [9.17, 15) is 18.0 Å². The van der Waals surface area contributed by atoms with Gasteiger partial charge in [-0.2, -0.15) is 0 Å². The van der Waals surface area contributed by atoms with Crippen molar-refractivity contribution >= 4 is 38.1 Å². The number of ether oxygens (including phenoxy) is 1. The molecule has 3 aromatic rings. The topological polar surface area (TPSA) is 127 Å². The van der Waals surface area contributed by atoms with Crippen molar-refractivity contribution in [2.75, 3.05) is 24.7 Å². The van der Waals surface area contributed by atoms with Crippen LogP contribution in [0, 0.1) is 0 Å². The number of aromatic nitrogens is 2. The van der Waals surface area contributed by atoms with Crippen LogP contribution in [0.1, 0.15) is 39.1 Å². The zero-order valence-corrected chi connectivity index (χ0v) is 19.8. The van der Waals surface area contributed by atoms with E-state index >= 15 is 0 Å². The zero-order chi connectivity index (χ0) is 23.8. The average molecular weight is 489 g/mol. The van der Waals surface area contributed by atoms with Crippen LogP contribution in [-0.2, 0) is 16.3 Å². The minimum Gasteiger partial charge on any atom is -0.497 e. The third kappa shape index (κ3) is 6.36. The van der Waals surface area contributed by atoms with Gasteiger partial charge in [0.2, 0.25) is 5.13 Å². The van der Waals surface area contributed by atoms with E-state index in [0.717, 1.165) is 11.3 Å². The molecule has 2 aromatic carbocycles. The molecule has 0 fully saturated rings. The lowest BCUT2D eigenvalue weighted by atomic mass is 10.2. The molecule has 3 rings (SSSR count). The lowest BCUT2D eigenvalue weighted by Crippen LogP contribution is -2.25. The second-order valence-corrected chi connectivity index (χ2v) is 10.1. The van der Waals surface area contributed by atoms with E-state index in [-0.39, 0.29) is 27.3 Å². The van der Waals surface area contributed by atoms with Gasteiger partial charge in [0.25, 0.3) is 11.8 Å². The van der Waals surface area contributed by atoms with Gasteiger partial charge in [-0.05, 0) is 36.8 Å². The van der Waals surface area contributed by atoms with Crippen LogP contribution in [0.2, 0.25) is 0 Å². The van der Waals surface area contributed by atoms with Gasteiger partial charge in [-0.15, -0.1) is 10.2 Å². The van der Waals surface area contributed by atoms with Gasteiger partial charge in [-0.3, -0.25) is 14.9 Å². The number of carbonyl (C=O) groups excluding carboxylic acids is 2. The lowest BCUT2D eigenvalue weighted by Gasteiger charge is -2.09. The predicted octanol–water partition coefficient (Wildman–Crippen LogP) is 2.96. The van der Waals surface area contributed by atoms with E-state index in [1.165, 1.54) is 19.2 Å². The Hall–Kier alpha value is -3.31. The summed E-state index contributed by atoms with van der Waals surface area (Å²) in [4.78, 5) is 25.0. The molecule has 11 heteroatoms. The van der Waals surface area contributed by atoms with Gasteiger partial charge in [-0.25, -0.2) is 8.42 Å². The van der Waals surface area contributed by atoms with E-state index in [4.69, 9.17) is 4.74 Å². The monoisotopic (exact) mass is 488 g/mol. The van der Waals surface area contributed by atoms with Crippen molar-refractivity contribution in [1.82, 2.24) is 15.5 Å². The first-order chi connectivity index (χ1) is 15.8. The number of anilines is 1. The number of hydrogen-bond donors (Lipinski definition) is 2. The Morgan fingerprint density at radius 3 is 2.61 bits per heavy atom. The molecule has 0 bridgehead atoms. The Bertz CT molecular complexity index is 1240. The predicted molar refractivity (Wildman–Crippen MR) is 126 cm³/mol. The minimum atomic E-state index is -3.56. The van der Waals surface area contributed by atoms with Gasteiger partial charge >= 0.3 is 0 Å². The first-order valence-electron chi connectivity index (χ1n) is 10.2. The first-order valence-corrected chi connectivity index (χ1v) is 12.7. The highest BCUT2D eigenvalue weighted by Gasteiger charge is 2.22. The molecule has 0 aliphatic carbocycles. The van der Waals surface area contributed by atoms with E-state index < -0.39 is 15.7 Å². The van der Waals surface area contributed by atoms with Gasteiger partial charge in [0, 0.05) is 18.5 Å². The zero-order valence-electron chi connectivity index (χ0n) is 18.2. The number of rotatable bonds is 10. The van der Waals surface area contributed by atoms with Gasteiger partial charge < -0.3 is 10.1 Å². The van der Waals surface area contributed by atoms with Crippen LogP contribution in [0.15, 0.2) is 53.4 Å². The van der Waals surface area contributed by atoms with Crippen LogP contribution in [0.5, 0.6) is 5.75 Å². The van der Waals surface area contributed by atoms with Gasteiger partial charge in [0.15, 0.2) is 9.84 Å². The number of nitrogens with one attached hydrogen (secondary N) is 2. The molecular weight excluding hydrogens is 464 g/mol. The van der Waals surface area contributed by atoms with Gasteiger partial charge in [0.1, 0.15) is 10.8 Å². The summed E-state index contributed by atoms with van der Waals surface area (Å²) in [5, 5.41) is 14.2. The summed E-state index contributed by atoms with van der Waals surface area (Å²) in [7, 11) is -2.03. The van der Waals surface area contributed by atoms with Gasteiger partial charge in [-0.1, -0.05) is 36.5 Å². The molecule has 174 valence electrons. The fourth-order valence-corrected chi connectivity index (χ4v) is 5.30. The molecule has 0 unspecified atom stereocenters. The maximum Gasteiger partial charge on any atom is 0.258 e. The first kappa shape index (κ1) is 24.3. The van der Waals surface area contributed by atoms with Gasteiger partial charge in [0.05, 0.1) is 23.3 Å².